The summed E-state index contributed by atoms with van der Waals surface area (Å²) in [7, 11) is -2.66. The largest absolute Gasteiger partial charge is 0.495 e. The Hall–Kier alpha value is -3.44. The fourth-order valence-corrected chi connectivity index (χ4v) is 4.58. The van der Waals surface area contributed by atoms with E-state index in [-0.39, 0.29) is 28.8 Å². The normalized spacial score (nSPS) is 13.4. The predicted octanol–water partition coefficient (Wildman–Crippen LogP) is 1.03. The number of aliphatic hydroxyl groups is 1. The number of aromatic nitrogens is 3. The van der Waals surface area contributed by atoms with Crippen molar-refractivity contribution in [3.8, 4) is 16.9 Å². The number of sulfonamides is 1. The molecule has 162 valence electrons. The Morgan fingerprint density at radius 3 is 2.87 bits per heavy atom. The number of pyridine rings is 1. The van der Waals surface area contributed by atoms with Crippen molar-refractivity contribution in [2.24, 2.45) is 0 Å². The summed E-state index contributed by atoms with van der Waals surface area (Å²) in [6.45, 7) is 0.782. The van der Waals surface area contributed by atoms with Gasteiger partial charge in [0.25, 0.3) is 15.9 Å². The van der Waals surface area contributed by atoms with Crippen LogP contribution in [0.1, 0.15) is 16.1 Å². The van der Waals surface area contributed by atoms with Gasteiger partial charge in [0.15, 0.2) is 0 Å². The second kappa shape index (κ2) is 8.36. The lowest BCUT2D eigenvalue weighted by Crippen LogP contribution is -2.32. The summed E-state index contributed by atoms with van der Waals surface area (Å²) < 4.78 is 35.6. The van der Waals surface area contributed by atoms with Gasteiger partial charge in [-0.2, -0.15) is 5.10 Å². The molecule has 0 bridgehead atoms. The molecule has 3 N–H and O–H groups in total. The minimum atomic E-state index is -4.05. The van der Waals surface area contributed by atoms with Crippen molar-refractivity contribution >= 4 is 21.6 Å². The number of ether oxygens (including phenoxy) is 1. The van der Waals surface area contributed by atoms with Gasteiger partial charge in [0.05, 0.1) is 49.6 Å². The summed E-state index contributed by atoms with van der Waals surface area (Å²) in [4.78, 5) is 16.2. The Labute approximate surface area is 178 Å². The van der Waals surface area contributed by atoms with E-state index in [9.17, 15) is 13.2 Å². The van der Waals surface area contributed by atoms with Crippen molar-refractivity contribution in [2.75, 3.05) is 25.0 Å². The molecule has 10 nitrogen and oxygen atoms in total. The SMILES string of the molecule is COc1ccc(-c2cnn(CCO)c2)cc1S(=O)(=O)Nc1cnc2c(c1)C(=O)NCC2. The van der Waals surface area contributed by atoms with Crippen LogP contribution < -0.4 is 14.8 Å². The molecule has 0 fully saturated rings. The first-order valence-corrected chi connectivity index (χ1v) is 11.0. The van der Waals surface area contributed by atoms with Gasteiger partial charge in [-0.3, -0.25) is 19.2 Å². The van der Waals surface area contributed by atoms with E-state index in [1.165, 1.54) is 25.4 Å². The van der Waals surface area contributed by atoms with Crippen LogP contribution in [0.5, 0.6) is 5.75 Å². The molecule has 0 radical (unpaired) electrons. The minimum Gasteiger partial charge on any atom is -0.495 e. The number of fused-ring (bicyclic) bond motifs is 1. The summed E-state index contributed by atoms with van der Waals surface area (Å²) in [6, 6.07) is 6.25. The van der Waals surface area contributed by atoms with Gasteiger partial charge in [-0.1, -0.05) is 6.07 Å². The molecular formula is C20H21N5O5S. The van der Waals surface area contributed by atoms with Crippen molar-refractivity contribution in [1.29, 1.82) is 0 Å². The van der Waals surface area contributed by atoms with Crippen LogP contribution >= 0.6 is 0 Å². The molecule has 0 saturated heterocycles. The predicted molar refractivity (Wildman–Crippen MR) is 112 cm³/mol. The quantitative estimate of drug-likeness (QED) is 0.496. The van der Waals surface area contributed by atoms with Gasteiger partial charge in [0, 0.05) is 24.7 Å². The van der Waals surface area contributed by atoms with Crippen LogP contribution in [-0.4, -0.2) is 54.5 Å². The number of nitrogens with one attached hydrogen (secondary N) is 2. The summed E-state index contributed by atoms with van der Waals surface area (Å²) >= 11 is 0. The third-order valence-electron chi connectivity index (χ3n) is 4.86. The fourth-order valence-electron chi connectivity index (χ4n) is 3.35. The van der Waals surface area contributed by atoms with E-state index in [0.717, 1.165) is 0 Å². The standard InChI is InChI=1S/C20H21N5O5S/c1-30-18-3-2-13(14-10-23-25(12-14)6-7-26)8-19(18)31(28,29)24-15-9-16-17(22-11-15)4-5-21-20(16)27/h2-3,8-12,24,26H,4-7H2,1H3,(H,21,27). The fraction of sp³-hybridized carbons (Fsp3) is 0.250. The van der Waals surface area contributed by atoms with E-state index in [0.29, 0.717) is 41.9 Å². The van der Waals surface area contributed by atoms with Gasteiger partial charge in [-0.15, -0.1) is 0 Å². The number of anilines is 1. The number of rotatable bonds is 7. The number of methoxy groups -OCH3 is 1. The van der Waals surface area contributed by atoms with Crippen LogP contribution in [0.4, 0.5) is 5.69 Å². The van der Waals surface area contributed by atoms with Crippen LogP contribution in [0, 0.1) is 0 Å². The lowest BCUT2D eigenvalue weighted by atomic mass is 10.1. The molecule has 1 aliphatic rings. The van der Waals surface area contributed by atoms with Gasteiger partial charge in [-0.05, 0) is 23.8 Å². The Balaban J connectivity index is 1.68. The van der Waals surface area contributed by atoms with Crippen molar-refractivity contribution in [3.63, 3.8) is 0 Å². The third-order valence-corrected chi connectivity index (χ3v) is 6.27. The maximum atomic E-state index is 13.1. The highest BCUT2D eigenvalue weighted by atomic mass is 32.2. The van der Waals surface area contributed by atoms with E-state index in [1.807, 2.05) is 0 Å². The maximum Gasteiger partial charge on any atom is 0.265 e. The van der Waals surface area contributed by atoms with Crippen LogP contribution in [0.25, 0.3) is 11.1 Å². The van der Waals surface area contributed by atoms with Gasteiger partial charge in [0.2, 0.25) is 0 Å². The molecule has 0 saturated carbocycles. The van der Waals surface area contributed by atoms with Crippen molar-refractivity contribution in [1.82, 2.24) is 20.1 Å². The summed E-state index contributed by atoms with van der Waals surface area (Å²) in [5.41, 5.74) is 2.47. The van der Waals surface area contributed by atoms with Gasteiger partial charge in [0.1, 0.15) is 10.6 Å². The second-order valence-corrected chi connectivity index (χ2v) is 8.56. The molecule has 3 aromatic rings. The lowest BCUT2D eigenvalue weighted by molar-refractivity contribution is 0.0945. The van der Waals surface area contributed by atoms with E-state index in [4.69, 9.17) is 9.84 Å². The van der Waals surface area contributed by atoms with Crippen molar-refractivity contribution in [3.05, 3.63) is 54.1 Å². The van der Waals surface area contributed by atoms with E-state index >= 15 is 0 Å². The number of hydrogen-bond donors (Lipinski definition) is 3. The Morgan fingerprint density at radius 1 is 1.26 bits per heavy atom. The van der Waals surface area contributed by atoms with Crippen LogP contribution in [-0.2, 0) is 23.0 Å². The van der Waals surface area contributed by atoms with E-state index < -0.39 is 10.0 Å². The first-order chi connectivity index (χ1) is 14.9. The molecule has 11 heteroatoms. The summed E-state index contributed by atoms with van der Waals surface area (Å²) in [5, 5.41) is 15.9. The molecule has 1 amide bonds. The zero-order chi connectivity index (χ0) is 22.0. The second-order valence-electron chi connectivity index (χ2n) is 6.91. The van der Waals surface area contributed by atoms with Crippen molar-refractivity contribution in [2.45, 2.75) is 17.9 Å². The number of nitrogens with zero attached hydrogens (tertiary/aromatic N) is 3. The lowest BCUT2D eigenvalue weighted by Gasteiger charge is -2.17. The molecule has 4 rings (SSSR count). The Bertz CT molecular complexity index is 1240. The topological polar surface area (TPSA) is 135 Å². The maximum absolute atomic E-state index is 13.1. The van der Waals surface area contributed by atoms with Crippen molar-refractivity contribution < 1.29 is 23.1 Å². The number of aliphatic hydroxyl groups excluding tert-OH is 1. The van der Waals surface area contributed by atoms with Crippen LogP contribution in [0.2, 0.25) is 0 Å². The number of benzene rings is 1. The highest BCUT2D eigenvalue weighted by Crippen LogP contribution is 2.31. The molecule has 1 aromatic carbocycles. The zero-order valence-electron chi connectivity index (χ0n) is 16.7. The first kappa shape index (κ1) is 20.8. The molecule has 0 atom stereocenters. The average molecular weight is 443 g/mol. The van der Waals surface area contributed by atoms with Crippen LogP contribution in [0.3, 0.4) is 0 Å². The average Bonchev–Trinajstić information content (AvgIpc) is 3.22. The molecule has 1 aliphatic heterocycles. The molecular weight excluding hydrogens is 422 g/mol. The number of carbonyl (C=O) groups is 1. The third kappa shape index (κ3) is 4.23. The van der Waals surface area contributed by atoms with Gasteiger partial charge in [-0.25, -0.2) is 8.42 Å². The molecule has 0 aliphatic carbocycles. The number of amides is 1. The molecule has 0 spiro atoms. The highest BCUT2D eigenvalue weighted by Gasteiger charge is 2.23. The molecule has 2 aromatic heterocycles. The van der Waals surface area contributed by atoms with Crippen LogP contribution in [0.15, 0.2) is 47.8 Å². The molecule has 0 unspecified atom stereocenters. The Morgan fingerprint density at radius 2 is 2.10 bits per heavy atom. The monoisotopic (exact) mass is 443 g/mol. The van der Waals surface area contributed by atoms with E-state index in [1.54, 1.807) is 29.2 Å². The number of hydrogen-bond acceptors (Lipinski definition) is 7. The summed E-state index contributed by atoms with van der Waals surface area (Å²) in [5.74, 6) is -0.114. The summed E-state index contributed by atoms with van der Waals surface area (Å²) in [6.07, 6.45) is 5.29. The first-order valence-electron chi connectivity index (χ1n) is 9.53. The minimum absolute atomic E-state index is 0.0554. The smallest absolute Gasteiger partial charge is 0.265 e. The zero-order valence-corrected chi connectivity index (χ0v) is 17.5. The highest BCUT2D eigenvalue weighted by molar-refractivity contribution is 7.92. The molecule has 3 heterocycles. The number of carbonyl (C=O) groups excluding carboxylic acids is 1. The Kier molecular flexibility index (Phi) is 5.61. The van der Waals surface area contributed by atoms with Gasteiger partial charge >= 0.3 is 0 Å². The van der Waals surface area contributed by atoms with E-state index in [2.05, 4.69) is 20.1 Å². The van der Waals surface area contributed by atoms with Gasteiger partial charge < -0.3 is 15.2 Å². The molecule has 31 heavy (non-hydrogen) atoms.